The number of nitrogens with zero attached hydrogens (tertiary/aromatic N) is 10. The van der Waals surface area contributed by atoms with Crippen molar-refractivity contribution in [2.45, 2.75) is 0 Å². The number of hydrogen-bond acceptors (Lipinski definition) is 9. The maximum atomic E-state index is 5.18. The Kier molecular flexibility index (Phi) is 9.10. The maximum Gasteiger partial charge on any atom is 0.238 e. The Morgan fingerprint density at radius 3 is 1.25 bits per heavy atom. The van der Waals surface area contributed by atoms with Crippen molar-refractivity contribution in [3.63, 3.8) is 0 Å². The molecule has 13 rings (SSSR count). The summed E-state index contributed by atoms with van der Waals surface area (Å²) in [6.07, 6.45) is 0. The van der Waals surface area contributed by atoms with E-state index in [0.717, 1.165) is 87.0 Å². The van der Waals surface area contributed by atoms with E-state index in [1.54, 1.807) is 11.3 Å². The minimum atomic E-state index is 0.513. The number of para-hydroxylation sites is 3. The van der Waals surface area contributed by atoms with Gasteiger partial charge in [-0.25, -0.2) is 9.97 Å². The fourth-order valence-corrected chi connectivity index (χ4v) is 9.83. The van der Waals surface area contributed by atoms with Crippen LogP contribution >= 0.6 is 11.3 Å². The standard InChI is InChI=1S/C56H34N10S/c1-5-18-35(19-6-1)49-57-50(36-20-7-2-8-21-36)60-55(59-49)65-45-30-15-13-26-40(45)42-33-32-39(34-47(42)65)53-63-64-54(67-53)44-29-17-28-43-41-27-14-16-31-46(41)66(48(43)44)56-61-51(37-22-9-3-10-23-37)58-52(62-56)38-24-11-4-12-25-38/h1-34H. The summed E-state index contributed by atoms with van der Waals surface area (Å²) in [7, 11) is 0. The van der Waals surface area contributed by atoms with Crippen LogP contribution in [0.15, 0.2) is 206 Å². The summed E-state index contributed by atoms with van der Waals surface area (Å²) in [6.45, 7) is 0. The van der Waals surface area contributed by atoms with Crippen LogP contribution in [0.2, 0.25) is 0 Å². The minimum Gasteiger partial charge on any atom is -0.278 e. The van der Waals surface area contributed by atoms with E-state index in [2.05, 4.69) is 94.1 Å². The minimum absolute atomic E-state index is 0.513. The van der Waals surface area contributed by atoms with Crippen LogP contribution < -0.4 is 0 Å². The average molecular weight is 879 g/mol. The van der Waals surface area contributed by atoms with Crippen molar-refractivity contribution in [2.75, 3.05) is 0 Å². The van der Waals surface area contributed by atoms with Gasteiger partial charge in [0, 0.05) is 54.9 Å². The Bertz CT molecular complexity index is 3860. The van der Waals surface area contributed by atoms with Gasteiger partial charge < -0.3 is 0 Å². The molecule has 13 aromatic rings. The quantitative estimate of drug-likeness (QED) is 0.148. The number of hydrogen-bond donors (Lipinski definition) is 0. The summed E-state index contributed by atoms with van der Waals surface area (Å²) >= 11 is 1.55. The lowest BCUT2D eigenvalue weighted by Crippen LogP contribution is -2.06. The zero-order valence-corrected chi connectivity index (χ0v) is 36.3. The van der Waals surface area contributed by atoms with Gasteiger partial charge in [-0.15, -0.1) is 10.2 Å². The molecular formula is C56H34N10S. The van der Waals surface area contributed by atoms with Crippen molar-refractivity contribution < 1.29 is 0 Å². The van der Waals surface area contributed by atoms with Gasteiger partial charge in [0.25, 0.3) is 0 Å². The molecule has 0 fully saturated rings. The van der Waals surface area contributed by atoms with Gasteiger partial charge in [0.2, 0.25) is 11.9 Å². The van der Waals surface area contributed by atoms with Crippen LogP contribution in [0.4, 0.5) is 0 Å². The zero-order valence-electron chi connectivity index (χ0n) is 35.5. The van der Waals surface area contributed by atoms with E-state index in [0.29, 0.717) is 35.2 Å². The molecule has 0 saturated heterocycles. The smallest absolute Gasteiger partial charge is 0.238 e. The van der Waals surface area contributed by atoms with Gasteiger partial charge in [-0.2, -0.15) is 19.9 Å². The molecular weight excluding hydrogens is 845 g/mol. The van der Waals surface area contributed by atoms with Gasteiger partial charge in [0.15, 0.2) is 23.3 Å². The molecule has 0 bridgehead atoms. The van der Waals surface area contributed by atoms with Crippen LogP contribution in [-0.2, 0) is 0 Å². The summed E-state index contributed by atoms with van der Waals surface area (Å²) in [4.78, 5) is 30.6. The maximum absolute atomic E-state index is 5.18. The lowest BCUT2D eigenvalue weighted by Gasteiger charge is -2.12. The molecule has 11 heteroatoms. The molecule has 0 N–H and O–H groups in total. The number of benzene rings is 8. The number of fused-ring (bicyclic) bond motifs is 6. The molecule has 8 aromatic carbocycles. The van der Waals surface area contributed by atoms with E-state index in [4.69, 9.17) is 40.1 Å². The van der Waals surface area contributed by atoms with Crippen LogP contribution in [0, 0.1) is 0 Å². The molecule has 0 aliphatic heterocycles. The molecule has 0 saturated carbocycles. The first-order chi connectivity index (χ1) is 33.2. The van der Waals surface area contributed by atoms with E-state index < -0.39 is 0 Å². The van der Waals surface area contributed by atoms with Gasteiger partial charge in [0.05, 0.1) is 22.1 Å². The number of aromatic nitrogens is 10. The number of rotatable bonds is 8. The Labute approximate surface area is 387 Å². The Hall–Kier alpha value is -9.06. The Morgan fingerprint density at radius 1 is 0.299 bits per heavy atom. The molecule has 0 amide bonds. The van der Waals surface area contributed by atoms with Gasteiger partial charge in [-0.1, -0.05) is 193 Å². The van der Waals surface area contributed by atoms with Crippen molar-refractivity contribution in [3.05, 3.63) is 206 Å². The Morgan fingerprint density at radius 2 is 0.716 bits per heavy atom. The first-order valence-corrected chi connectivity index (χ1v) is 22.7. The predicted octanol–water partition coefficient (Wildman–Crippen LogP) is 13.1. The van der Waals surface area contributed by atoms with E-state index in [-0.39, 0.29) is 0 Å². The van der Waals surface area contributed by atoms with Crippen molar-refractivity contribution in [1.29, 1.82) is 0 Å². The van der Waals surface area contributed by atoms with E-state index in [1.165, 1.54) is 0 Å². The van der Waals surface area contributed by atoms with Gasteiger partial charge >= 0.3 is 0 Å². The molecule has 0 unspecified atom stereocenters. The van der Waals surface area contributed by atoms with E-state index in [9.17, 15) is 0 Å². The highest BCUT2D eigenvalue weighted by Gasteiger charge is 2.23. The van der Waals surface area contributed by atoms with Crippen LogP contribution in [-0.4, -0.2) is 49.2 Å². The normalized spacial score (nSPS) is 11.6. The van der Waals surface area contributed by atoms with Gasteiger partial charge in [-0.05, 0) is 24.3 Å². The third-order valence-electron chi connectivity index (χ3n) is 12.0. The van der Waals surface area contributed by atoms with Crippen molar-refractivity contribution in [3.8, 4) is 78.6 Å². The molecule has 0 spiro atoms. The highest BCUT2D eigenvalue weighted by atomic mass is 32.1. The van der Waals surface area contributed by atoms with Crippen molar-refractivity contribution in [2.24, 2.45) is 0 Å². The summed E-state index contributed by atoms with van der Waals surface area (Å²) in [5.74, 6) is 3.40. The molecule has 67 heavy (non-hydrogen) atoms. The highest BCUT2D eigenvalue weighted by molar-refractivity contribution is 7.18. The monoisotopic (exact) mass is 878 g/mol. The zero-order chi connectivity index (χ0) is 44.3. The summed E-state index contributed by atoms with van der Waals surface area (Å²) in [5, 5.41) is 15.6. The van der Waals surface area contributed by atoms with E-state index >= 15 is 0 Å². The topological polar surface area (TPSA) is 113 Å². The van der Waals surface area contributed by atoms with Gasteiger partial charge in [-0.3, -0.25) is 9.13 Å². The second-order valence-electron chi connectivity index (χ2n) is 16.1. The third kappa shape index (κ3) is 6.64. The second kappa shape index (κ2) is 15.9. The van der Waals surface area contributed by atoms with Crippen LogP contribution in [0.1, 0.15) is 0 Å². The molecule has 10 nitrogen and oxygen atoms in total. The summed E-state index contributed by atoms with van der Waals surface area (Å²) < 4.78 is 4.28. The highest BCUT2D eigenvalue weighted by Crippen LogP contribution is 2.41. The van der Waals surface area contributed by atoms with Crippen LogP contribution in [0.5, 0.6) is 0 Å². The van der Waals surface area contributed by atoms with Crippen molar-refractivity contribution >= 4 is 54.9 Å². The SMILES string of the molecule is c1ccc(-c2nc(-c3ccccc3)nc(-n3c4ccccc4c4ccc(-c5nnc(-c6cccc7c8ccccc8n(-c8nc(-c9ccccc9)nc(-c9ccccc9)n8)c67)s5)cc43)n2)cc1. The average Bonchev–Trinajstić information content (AvgIpc) is 4.13. The molecule has 0 atom stereocenters. The predicted molar refractivity (Wildman–Crippen MR) is 268 cm³/mol. The fourth-order valence-electron chi connectivity index (χ4n) is 8.96. The van der Waals surface area contributed by atoms with Crippen LogP contribution in [0.3, 0.4) is 0 Å². The third-order valence-corrected chi connectivity index (χ3v) is 13.1. The molecule has 0 aliphatic rings. The van der Waals surface area contributed by atoms with Crippen molar-refractivity contribution in [1.82, 2.24) is 49.2 Å². The lowest BCUT2D eigenvalue weighted by atomic mass is 10.1. The van der Waals surface area contributed by atoms with Gasteiger partial charge in [0.1, 0.15) is 10.0 Å². The molecule has 5 heterocycles. The Balaban J connectivity index is 0.984. The first-order valence-electron chi connectivity index (χ1n) is 21.9. The summed E-state index contributed by atoms with van der Waals surface area (Å²) in [6, 6.07) is 69.8. The summed E-state index contributed by atoms with van der Waals surface area (Å²) in [5.41, 5.74) is 9.30. The molecule has 5 aromatic heterocycles. The molecule has 314 valence electrons. The second-order valence-corrected chi connectivity index (χ2v) is 17.1. The van der Waals surface area contributed by atoms with Crippen LogP contribution in [0.25, 0.3) is 122 Å². The first kappa shape index (κ1) is 38.4. The largest absolute Gasteiger partial charge is 0.278 e. The molecule has 0 aliphatic carbocycles. The van der Waals surface area contributed by atoms with E-state index in [1.807, 2.05) is 121 Å². The fraction of sp³-hybridized carbons (Fsp3) is 0. The molecule has 0 radical (unpaired) electrons. The lowest BCUT2D eigenvalue weighted by molar-refractivity contribution is 0.953.